The molecule has 1 aromatic carbocycles. The van der Waals surface area contributed by atoms with Gasteiger partial charge >= 0.3 is 0 Å². The molecule has 11 heteroatoms. The van der Waals surface area contributed by atoms with Crippen molar-refractivity contribution in [2.45, 2.75) is 26.8 Å². The number of aromatic nitrogens is 4. The van der Waals surface area contributed by atoms with Gasteiger partial charge in [0.1, 0.15) is 0 Å². The third-order valence-electron chi connectivity index (χ3n) is 3.09. The van der Waals surface area contributed by atoms with Crippen molar-refractivity contribution in [3.8, 4) is 0 Å². The number of hydrogen-bond acceptors (Lipinski definition) is 7. The van der Waals surface area contributed by atoms with E-state index in [-0.39, 0.29) is 16.4 Å². The minimum atomic E-state index is -0.565. The van der Waals surface area contributed by atoms with Crippen molar-refractivity contribution in [1.82, 2.24) is 25.5 Å². The molecule has 1 amide bonds. The van der Waals surface area contributed by atoms with Crippen LogP contribution in [0.25, 0.3) is 0 Å². The SMILES string of the molecule is CCCn1nnnc1NC(=S)NC(=O)c1ccc(C)c([N+](=O)[O-])c1. The Morgan fingerprint density at radius 1 is 1.46 bits per heavy atom. The number of hydrogen-bond donors (Lipinski definition) is 2. The summed E-state index contributed by atoms with van der Waals surface area (Å²) in [6, 6.07) is 4.20. The zero-order valence-electron chi connectivity index (χ0n) is 13.0. The average Bonchev–Trinajstić information content (AvgIpc) is 2.94. The third kappa shape index (κ3) is 4.07. The van der Waals surface area contributed by atoms with E-state index in [0.717, 1.165) is 6.42 Å². The Morgan fingerprint density at radius 2 is 2.21 bits per heavy atom. The molecule has 0 atom stereocenters. The molecule has 1 aromatic heterocycles. The predicted octanol–water partition coefficient (Wildman–Crippen LogP) is 1.43. The van der Waals surface area contributed by atoms with Crippen molar-refractivity contribution in [3.63, 3.8) is 0 Å². The Kier molecular flexibility index (Phi) is 5.47. The van der Waals surface area contributed by atoms with Gasteiger partial charge in [-0.15, -0.1) is 0 Å². The van der Waals surface area contributed by atoms with E-state index in [1.165, 1.54) is 22.9 Å². The summed E-state index contributed by atoms with van der Waals surface area (Å²) in [7, 11) is 0. The van der Waals surface area contributed by atoms with Gasteiger partial charge in [-0.2, -0.15) is 0 Å². The highest BCUT2D eigenvalue weighted by molar-refractivity contribution is 7.80. The summed E-state index contributed by atoms with van der Waals surface area (Å²) in [6.07, 6.45) is 0.825. The zero-order valence-corrected chi connectivity index (χ0v) is 13.8. The summed E-state index contributed by atoms with van der Waals surface area (Å²) in [4.78, 5) is 22.6. The van der Waals surface area contributed by atoms with E-state index >= 15 is 0 Å². The first-order chi connectivity index (χ1) is 11.4. The van der Waals surface area contributed by atoms with Crippen LogP contribution in [0.2, 0.25) is 0 Å². The van der Waals surface area contributed by atoms with Gasteiger partial charge in [0.2, 0.25) is 5.95 Å². The van der Waals surface area contributed by atoms with E-state index in [2.05, 4.69) is 26.2 Å². The van der Waals surface area contributed by atoms with Crippen LogP contribution < -0.4 is 10.6 Å². The molecule has 2 rings (SSSR count). The van der Waals surface area contributed by atoms with Crippen LogP contribution in [0.1, 0.15) is 29.3 Å². The summed E-state index contributed by atoms with van der Waals surface area (Å²) in [5, 5.41) is 27.2. The second kappa shape index (κ2) is 7.55. The van der Waals surface area contributed by atoms with E-state index < -0.39 is 10.8 Å². The average molecular weight is 349 g/mol. The van der Waals surface area contributed by atoms with Gasteiger partial charge < -0.3 is 0 Å². The minimum Gasteiger partial charge on any atom is -0.300 e. The van der Waals surface area contributed by atoms with Crippen LogP contribution in [-0.4, -0.2) is 36.2 Å². The minimum absolute atomic E-state index is 0.00428. The molecular weight excluding hydrogens is 334 g/mol. The predicted molar refractivity (Wildman–Crippen MR) is 89.6 cm³/mol. The summed E-state index contributed by atoms with van der Waals surface area (Å²) >= 11 is 5.05. The third-order valence-corrected chi connectivity index (χ3v) is 3.29. The highest BCUT2D eigenvalue weighted by Gasteiger charge is 2.16. The molecule has 10 nitrogen and oxygen atoms in total. The zero-order chi connectivity index (χ0) is 17.7. The van der Waals surface area contributed by atoms with Crippen LogP contribution in [0.4, 0.5) is 11.6 Å². The Labute approximate surface area is 142 Å². The van der Waals surface area contributed by atoms with E-state index in [4.69, 9.17) is 12.2 Å². The molecule has 0 unspecified atom stereocenters. The number of anilines is 1. The molecule has 24 heavy (non-hydrogen) atoms. The first-order valence-corrected chi connectivity index (χ1v) is 7.46. The number of aryl methyl sites for hydroxylation is 2. The number of carbonyl (C=O) groups is 1. The topological polar surface area (TPSA) is 128 Å². The van der Waals surface area contributed by atoms with Gasteiger partial charge in [0.05, 0.1) is 4.92 Å². The smallest absolute Gasteiger partial charge is 0.273 e. The molecular formula is C13H15N7O3S. The Hall–Kier alpha value is -2.95. The van der Waals surface area contributed by atoms with E-state index in [1.54, 1.807) is 6.92 Å². The van der Waals surface area contributed by atoms with Crippen molar-refractivity contribution < 1.29 is 9.72 Å². The maximum Gasteiger partial charge on any atom is 0.273 e. The van der Waals surface area contributed by atoms with Gasteiger partial charge in [0.25, 0.3) is 11.6 Å². The first-order valence-electron chi connectivity index (χ1n) is 7.06. The lowest BCUT2D eigenvalue weighted by Crippen LogP contribution is -2.35. The van der Waals surface area contributed by atoms with Crippen molar-refractivity contribution in [3.05, 3.63) is 39.4 Å². The highest BCUT2D eigenvalue weighted by atomic mass is 32.1. The lowest BCUT2D eigenvalue weighted by molar-refractivity contribution is -0.385. The van der Waals surface area contributed by atoms with E-state index in [1.807, 2.05) is 6.92 Å². The summed E-state index contributed by atoms with van der Waals surface area (Å²) in [5.41, 5.74) is 0.467. The Morgan fingerprint density at radius 3 is 2.88 bits per heavy atom. The number of carbonyl (C=O) groups excluding carboxylic acids is 1. The summed E-state index contributed by atoms with van der Waals surface area (Å²) in [6.45, 7) is 4.16. The molecule has 0 fully saturated rings. The fraction of sp³-hybridized carbons (Fsp3) is 0.308. The largest absolute Gasteiger partial charge is 0.300 e. The van der Waals surface area contributed by atoms with E-state index in [0.29, 0.717) is 18.1 Å². The molecule has 2 N–H and O–H groups in total. The molecule has 126 valence electrons. The number of nitrogens with one attached hydrogen (secondary N) is 2. The van der Waals surface area contributed by atoms with Gasteiger partial charge in [0, 0.05) is 23.7 Å². The Bertz CT molecular complexity index is 790. The van der Waals surface area contributed by atoms with Crippen molar-refractivity contribution >= 4 is 34.9 Å². The molecule has 0 saturated heterocycles. The number of nitro benzene ring substituents is 1. The number of rotatable bonds is 5. The van der Waals surface area contributed by atoms with Crippen LogP contribution in [0.3, 0.4) is 0 Å². The van der Waals surface area contributed by atoms with Crippen LogP contribution in [-0.2, 0) is 6.54 Å². The van der Waals surface area contributed by atoms with Gasteiger partial charge in [-0.05, 0) is 42.1 Å². The molecule has 0 radical (unpaired) electrons. The van der Waals surface area contributed by atoms with Gasteiger partial charge in [-0.25, -0.2) is 4.68 Å². The number of amides is 1. The summed E-state index contributed by atoms with van der Waals surface area (Å²) < 4.78 is 1.51. The number of thiocarbonyl (C=S) groups is 1. The lowest BCUT2D eigenvalue weighted by Gasteiger charge is -2.09. The second-order valence-electron chi connectivity index (χ2n) is 4.89. The number of tetrazole rings is 1. The summed E-state index contributed by atoms with van der Waals surface area (Å²) in [5.74, 6) is -0.262. The number of nitro groups is 1. The second-order valence-corrected chi connectivity index (χ2v) is 5.30. The van der Waals surface area contributed by atoms with Crippen LogP contribution in [0.5, 0.6) is 0 Å². The van der Waals surface area contributed by atoms with Crippen molar-refractivity contribution in [2.75, 3.05) is 5.32 Å². The Balaban J connectivity index is 2.06. The van der Waals surface area contributed by atoms with Gasteiger partial charge in [-0.1, -0.05) is 18.1 Å². The maximum atomic E-state index is 12.2. The fourth-order valence-corrected chi connectivity index (χ4v) is 2.10. The van der Waals surface area contributed by atoms with Crippen molar-refractivity contribution in [2.24, 2.45) is 0 Å². The molecule has 0 aliphatic carbocycles. The van der Waals surface area contributed by atoms with E-state index in [9.17, 15) is 14.9 Å². The monoisotopic (exact) mass is 349 g/mol. The van der Waals surface area contributed by atoms with Crippen molar-refractivity contribution in [1.29, 1.82) is 0 Å². The molecule has 0 saturated carbocycles. The van der Waals surface area contributed by atoms with Gasteiger partial charge in [0.15, 0.2) is 5.11 Å². The molecule has 0 aliphatic rings. The molecule has 1 heterocycles. The van der Waals surface area contributed by atoms with Crippen LogP contribution in [0.15, 0.2) is 18.2 Å². The maximum absolute atomic E-state index is 12.2. The van der Waals surface area contributed by atoms with Crippen LogP contribution >= 0.6 is 12.2 Å². The molecule has 0 bridgehead atoms. The standard InChI is InChI=1S/C13H15N7O3S/c1-3-6-19-12(16-17-18-19)15-13(24)14-11(21)9-5-4-8(2)10(7-9)20(22)23/h4-5,7H,3,6H2,1-2H3,(H2,14,15,16,18,21,24). The lowest BCUT2D eigenvalue weighted by atomic mass is 10.1. The number of benzene rings is 1. The normalized spacial score (nSPS) is 10.2. The fourth-order valence-electron chi connectivity index (χ4n) is 1.91. The number of nitrogens with zero attached hydrogens (tertiary/aromatic N) is 5. The molecule has 0 aliphatic heterocycles. The molecule has 0 spiro atoms. The van der Waals surface area contributed by atoms with Gasteiger partial charge in [-0.3, -0.25) is 25.5 Å². The molecule has 2 aromatic rings. The highest BCUT2D eigenvalue weighted by Crippen LogP contribution is 2.19. The first kappa shape index (κ1) is 17.4. The quantitative estimate of drug-likeness (QED) is 0.471. The van der Waals surface area contributed by atoms with Crippen LogP contribution in [0, 0.1) is 17.0 Å².